The van der Waals surface area contributed by atoms with Crippen LogP contribution in [0, 0.1) is 12.8 Å². The van der Waals surface area contributed by atoms with Crippen LogP contribution in [0.1, 0.15) is 31.7 Å². The molecule has 20 heavy (non-hydrogen) atoms. The van der Waals surface area contributed by atoms with E-state index in [0.29, 0.717) is 6.04 Å². The fourth-order valence-electron chi connectivity index (χ4n) is 3.05. The molecule has 4 nitrogen and oxygen atoms in total. The molecule has 0 bridgehead atoms. The Morgan fingerprint density at radius 1 is 1.50 bits per heavy atom. The number of fused-ring (bicyclic) bond motifs is 1. The largest absolute Gasteiger partial charge is 0.311 e. The molecule has 1 saturated heterocycles. The maximum absolute atomic E-state index is 4.59. The monoisotopic (exact) mass is 292 g/mol. The van der Waals surface area contributed by atoms with Crippen LogP contribution in [-0.4, -0.2) is 40.0 Å². The molecule has 110 valence electrons. The van der Waals surface area contributed by atoms with Gasteiger partial charge in [0.25, 0.3) is 0 Å². The molecule has 1 fully saturated rings. The zero-order valence-corrected chi connectivity index (χ0v) is 13.4. The molecule has 0 spiro atoms. The second-order valence-electron chi connectivity index (χ2n) is 6.07. The van der Waals surface area contributed by atoms with Crippen LogP contribution >= 0.6 is 11.3 Å². The van der Waals surface area contributed by atoms with Crippen molar-refractivity contribution in [3.63, 3.8) is 0 Å². The normalized spacial score (nSPS) is 20.5. The van der Waals surface area contributed by atoms with Crippen molar-refractivity contribution in [1.82, 2.24) is 19.6 Å². The highest BCUT2D eigenvalue weighted by Gasteiger charge is 2.23. The van der Waals surface area contributed by atoms with Gasteiger partial charge in [-0.2, -0.15) is 0 Å². The van der Waals surface area contributed by atoms with Gasteiger partial charge in [0.1, 0.15) is 0 Å². The number of imidazole rings is 1. The zero-order chi connectivity index (χ0) is 14.1. The Hall–Kier alpha value is -0.910. The topological polar surface area (TPSA) is 32.6 Å². The van der Waals surface area contributed by atoms with E-state index in [0.717, 1.165) is 29.7 Å². The van der Waals surface area contributed by atoms with E-state index in [1.165, 1.54) is 25.2 Å². The molecule has 3 rings (SSSR count). The smallest absolute Gasteiger partial charge is 0.194 e. The number of nitrogens with zero attached hydrogens (tertiary/aromatic N) is 3. The number of hydrogen-bond acceptors (Lipinski definition) is 4. The first-order chi connectivity index (χ1) is 9.65. The molecule has 5 heteroatoms. The third kappa shape index (κ3) is 2.75. The number of rotatable bonds is 5. The van der Waals surface area contributed by atoms with E-state index < -0.39 is 0 Å². The molecule has 0 aromatic carbocycles. The molecular weight excluding hydrogens is 268 g/mol. The summed E-state index contributed by atoms with van der Waals surface area (Å²) in [5.41, 5.74) is 2.46. The first kappa shape index (κ1) is 14.0. The standard InChI is InChI=1S/C15H24N4S/c1-11(2)18-5-4-13(10-18)8-16-9-14-12(3)17-15-19(14)6-7-20-15/h6-7,11,13,16H,4-5,8-10H2,1-3H3. The van der Waals surface area contributed by atoms with Crippen LogP contribution in [0.3, 0.4) is 0 Å². The minimum Gasteiger partial charge on any atom is -0.311 e. The third-order valence-corrected chi connectivity index (χ3v) is 5.09. The lowest BCUT2D eigenvalue weighted by molar-refractivity contribution is 0.264. The van der Waals surface area contributed by atoms with Crippen molar-refractivity contribution in [3.8, 4) is 0 Å². The van der Waals surface area contributed by atoms with Crippen molar-refractivity contribution in [1.29, 1.82) is 0 Å². The van der Waals surface area contributed by atoms with E-state index in [1.807, 2.05) is 0 Å². The van der Waals surface area contributed by atoms with Gasteiger partial charge in [0.2, 0.25) is 0 Å². The van der Waals surface area contributed by atoms with E-state index in [2.05, 4.69) is 51.9 Å². The number of aromatic nitrogens is 2. The van der Waals surface area contributed by atoms with Crippen molar-refractivity contribution in [2.24, 2.45) is 5.92 Å². The van der Waals surface area contributed by atoms with Gasteiger partial charge in [-0.15, -0.1) is 11.3 Å². The van der Waals surface area contributed by atoms with Gasteiger partial charge in [0.15, 0.2) is 4.96 Å². The Balaban J connectivity index is 1.53. The number of aryl methyl sites for hydroxylation is 1. The van der Waals surface area contributed by atoms with Gasteiger partial charge < -0.3 is 10.2 Å². The lowest BCUT2D eigenvalue weighted by atomic mass is 10.1. The van der Waals surface area contributed by atoms with Gasteiger partial charge in [-0.05, 0) is 46.2 Å². The summed E-state index contributed by atoms with van der Waals surface area (Å²) in [5.74, 6) is 0.795. The fraction of sp³-hybridized carbons (Fsp3) is 0.667. The minimum absolute atomic E-state index is 0.683. The molecule has 1 aliphatic rings. The summed E-state index contributed by atoms with van der Waals surface area (Å²) in [6.45, 7) is 11.2. The average molecular weight is 292 g/mol. The molecule has 0 amide bonds. The molecular formula is C15H24N4S. The lowest BCUT2D eigenvalue weighted by Crippen LogP contribution is -2.30. The Bertz CT molecular complexity index is 571. The zero-order valence-electron chi connectivity index (χ0n) is 12.6. The SMILES string of the molecule is Cc1nc2sccn2c1CNCC1CCN(C(C)C)C1. The highest BCUT2D eigenvalue weighted by atomic mass is 32.1. The van der Waals surface area contributed by atoms with Crippen LogP contribution in [0.2, 0.25) is 0 Å². The molecule has 3 heterocycles. The highest BCUT2D eigenvalue weighted by Crippen LogP contribution is 2.19. The maximum atomic E-state index is 4.59. The molecule has 1 aliphatic heterocycles. The molecule has 0 aliphatic carbocycles. The van der Waals surface area contributed by atoms with Gasteiger partial charge >= 0.3 is 0 Å². The minimum atomic E-state index is 0.683. The van der Waals surface area contributed by atoms with Crippen molar-refractivity contribution in [2.45, 2.75) is 39.8 Å². The number of nitrogens with one attached hydrogen (secondary N) is 1. The first-order valence-corrected chi connectivity index (χ1v) is 8.39. The van der Waals surface area contributed by atoms with Crippen molar-refractivity contribution in [3.05, 3.63) is 23.0 Å². The van der Waals surface area contributed by atoms with Gasteiger partial charge in [0, 0.05) is 30.7 Å². The summed E-state index contributed by atoms with van der Waals surface area (Å²) < 4.78 is 2.21. The fourth-order valence-corrected chi connectivity index (χ4v) is 3.83. The van der Waals surface area contributed by atoms with E-state index in [4.69, 9.17) is 0 Å². The van der Waals surface area contributed by atoms with Crippen LogP contribution in [0.25, 0.3) is 4.96 Å². The Morgan fingerprint density at radius 3 is 3.10 bits per heavy atom. The van der Waals surface area contributed by atoms with Crippen molar-refractivity contribution < 1.29 is 0 Å². The summed E-state index contributed by atoms with van der Waals surface area (Å²) in [6, 6.07) is 0.683. The van der Waals surface area contributed by atoms with Crippen molar-refractivity contribution >= 4 is 16.3 Å². The van der Waals surface area contributed by atoms with Gasteiger partial charge in [-0.3, -0.25) is 4.40 Å². The second-order valence-corrected chi connectivity index (χ2v) is 6.95. The molecule has 0 saturated carbocycles. The summed E-state index contributed by atoms with van der Waals surface area (Å²) >= 11 is 1.70. The molecule has 2 aromatic rings. The van der Waals surface area contributed by atoms with Crippen LogP contribution in [0.15, 0.2) is 11.6 Å². The van der Waals surface area contributed by atoms with Gasteiger partial charge in [-0.25, -0.2) is 4.98 Å². The summed E-state index contributed by atoms with van der Waals surface area (Å²) in [4.78, 5) is 8.27. The summed E-state index contributed by atoms with van der Waals surface area (Å²) in [7, 11) is 0. The van der Waals surface area contributed by atoms with E-state index in [1.54, 1.807) is 11.3 Å². The summed E-state index contributed by atoms with van der Waals surface area (Å²) in [6.07, 6.45) is 3.44. The van der Waals surface area contributed by atoms with Crippen LogP contribution in [0.4, 0.5) is 0 Å². The number of hydrogen-bond donors (Lipinski definition) is 1. The number of likely N-dealkylation sites (tertiary alicyclic amines) is 1. The number of thiazole rings is 1. The predicted octanol–water partition coefficient (Wildman–Crippen LogP) is 2.52. The van der Waals surface area contributed by atoms with Gasteiger partial charge in [-0.1, -0.05) is 0 Å². The average Bonchev–Trinajstić information content (AvgIpc) is 3.07. The molecule has 2 aromatic heterocycles. The third-order valence-electron chi connectivity index (χ3n) is 4.33. The van der Waals surface area contributed by atoms with Crippen LogP contribution in [0.5, 0.6) is 0 Å². The quantitative estimate of drug-likeness (QED) is 0.919. The van der Waals surface area contributed by atoms with E-state index in [9.17, 15) is 0 Å². The van der Waals surface area contributed by atoms with Crippen molar-refractivity contribution in [2.75, 3.05) is 19.6 Å². The molecule has 1 unspecified atom stereocenters. The van der Waals surface area contributed by atoms with Crippen LogP contribution < -0.4 is 5.32 Å². The van der Waals surface area contributed by atoms with E-state index >= 15 is 0 Å². The Kier molecular flexibility index (Phi) is 4.10. The van der Waals surface area contributed by atoms with Gasteiger partial charge in [0.05, 0.1) is 11.4 Å². The second kappa shape index (κ2) is 5.84. The maximum Gasteiger partial charge on any atom is 0.194 e. The molecule has 0 radical (unpaired) electrons. The van der Waals surface area contributed by atoms with E-state index in [-0.39, 0.29) is 0 Å². The molecule has 1 N–H and O–H groups in total. The van der Waals surface area contributed by atoms with Crippen LogP contribution in [-0.2, 0) is 6.54 Å². The Labute approximate surface area is 124 Å². The molecule has 1 atom stereocenters. The Morgan fingerprint density at radius 2 is 2.35 bits per heavy atom. The predicted molar refractivity (Wildman–Crippen MR) is 84.3 cm³/mol. The lowest BCUT2D eigenvalue weighted by Gasteiger charge is -2.20. The first-order valence-electron chi connectivity index (χ1n) is 7.51. The summed E-state index contributed by atoms with van der Waals surface area (Å²) in [5, 5.41) is 5.73. The highest BCUT2D eigenvalue weighted by molar-refractivity contribution is 7.15.